The van der Waals surface area contributed by atoms with Gasteiger partial charge in [-0.25, -0.2) is 0 Å². The predicted molar refractivity (Wildman–Crippen MR) is 125 cm³/mol. The molecule has 0 spiro atoms. The number of carbonyl (C=O) groups excluding carboxylic acids is 1. The molecule has 0 amide bonds. The van der Waals surface area contributed by atoms with Gasteiger partial charge in [-0.2, -0.15) is 4.98 Å². The number of hydrogen-bond donors (Lipinski definition) is 1. The highest BCUT2D eigenvalue weighted by atomic mass is 35.5. The zero-order valence-corrected chi connectivity index (χ0v) is 19.7. The number of rotatable bonds is 8. The van der Waals surface area contributed by atoms with E-state index in [4.69, 9.17) is 25.6 Å². The van der Waals surface area contributed by atoms with Crippen LogP contribution in [0.1, 0.15) is 41.0 Å². The summed E-state index contributed by atoms with van der Waals surface area (Å²) in [6.07, 6.45) is 0.320. The number of esters is 1. The van der Waals surface area contributed by atoms with Crippen molar-refractivity contribution in [2.24, 2.45) is 0 Å². The molecule has 170 valence electrons. The van der Waals surface area contributed by atoms with Gasteiger partial charge in [-0.3, -0.25) is 4.79 Å². The Morgan fingerprint density at radius 3 is 2.44 bits per heavy atom. The summed E-state index contributed by atoms with van der Waals surface area (Å²) < 4.78 is 16.4. The summed E-state index contributed by atoms with van der Waals surface area (Å²) in [7, 11) is 0. The highest BCUT2D eigenvalue weighted by molar-refractivity contribution is 6.32. The summed E-state index contributed by atoms with van der Waals surface area (Å²) in [5.41, 5.74) is 1.93. The molecule has 2 aromatic carbocycles. The second kappa shape index (κ2) is 10.0. The van der Waals surface area contributed by atoms with Gasteiger partial charge >= 0.3 is 5.97 Å². The van der Waals surface area contributed by atoms with Crippen LogP contribution in [0.25, 0.3) is 22.8 Å². The van der Waals surface area contributed by atoms with E-state index in [2.05, 4.69) is 15.5 Å². The molecule has 1 N–H and O–H groups in total. The molecular weight excluding hydrogens is 430 g/mol. The molecule has 0 bridgehead atoms. The number of carbonyl (C=O) groups is 1. The fraction of sp³-hybridized carbons (Fsp3) is 0.375. The number of nitrogens with one attached hydrogen (secondary N) is 1. The van der Waals surface area contributed by atoms with Crippen molar-refractivity contribution in [2.45, 2.75) is 52.7 Å². The van der Waals surface area contributed by atoms with Crippen molar-refractivity contribution in [3.8, 4) is 28.6 Å². The highest BCUT2D eigenvalue weighted by Crippen LogP contribution is 2.31. The summed E-state index contributed by atoms with van der Waals surface area (Å²) in [5, 5.41) is 7.75. The summed E-state index contributed by atoms with van der Waals surface area (Å²) in [4.78, 5) is 16.3. The fourth-order valence-corrected chi connectivity index (χ4v) is 3.10. The second-order valence-electron chi connectivity index (χ2n) is 8.58. The van der Waals surface area contributed by atoms with Crippen LogP contribution in [0.15, 0.2) is 47.0 Å². The van der Waals surface area contributed by atoms with E-state index in [1.54, 1.807) is 12.1 Å². The fourth-order valence-electron chi connectivity index (χ4n) is 2.88. The molecule has 0 saturated carbocycles. The topological polar surface area (TPSA) is 86.5 Å². The van der Waals surface area contributed by atoms with E-state index in [1.807, 2.05) is 65.0 Å². The number of halogens is 1. The highest BCUT2D eigenvalue weighted by Gasteiger charge is 2.16. The molecule has 3 rings (SSSR count). The maximum Gasteiger partial charge on any atom is 0.308 e. The Balaban J connectivity index is 1.60. The van der Waals surface area contributed by atoms with Gasteiger partial charge in [-0.05, 0) is 77.1 Å². The largest absolute Gasteiger partial charge is 0.489 e. The summed E-state index contributed by atoms with van der Waals surface area (Å²) in [6.45, 7) is 9.92. The third-order valence-corrected chi connectivity index (χ3v) is 4.48. The lowest BCUT2D eigenvalue weighted by atomic mass is 10.2. The first kappa shape index (κ1) is 23.6. The number of ether oxygens (including phenoxy) is 2. The molecule has 0 atom stereocenters. The maximum absolute atomic E-state index is 11.8. The number of hydrogen-bond acceptors (Lipinski definition) is 7. The molecule has 0 aliphatic heterocycles. The van der Waals surface area contributed by atoms with Gasteiger partial charge in [-0.15, -0.1) is 0 Å². The van der Waals surface area contributed by atoms with Crippen molar-refractivity contribution in [3.63, 3.8) is 0 Å². The molecule has 3 aromatic rings. The van der Waals surface area contributed by atoms with Gasteiger partial charge in [-0.1, -0.05) is 16.8 Å². The maximum atomic E-state index is 11.8. The molecule has 0 saturated heterocycles. The van der Waals surface area contributed by atoms with Crippen molar-refractivity contribution < 1.29 is 18.8 Å². The average Bonchev–Trinajstić information content (AvgIpc) is 3.18. The summed E-state index contributed by atoms with van der Waals surface area (Å²) in [5.74, 6) is 1.23. The molecule has 32 heavy (non-hydrogen) atoms. The molecule has 1 heterocycles. The third-order valence-electron chi connectivity index (χ3n) is 4.19. The van der Waals surface area contributed by atoms with Crippen LogP contribution < -0.4 is 10.1 Å². The van der Waals surface area contributed by atoms with E-state index in [0.29, 0.717) is 29.0 Å². The van der Waals surface area contributed by atoms with Crippen LogP contribution in [0.4, 0.5) is 5.69 Å². The lowest BCUT2D eigenvalue weighted by molar-refractivity contribution is -0.154. The molecule has 0 fully saturated rings. The molecular formula is C24H28ClN3O4. The minimum atomic E-state index is -0.475. The van der Waals surface area contributed by atoms with Gasteiger partial charge in [0.2, 0.25) is 5.82 Å². The van der Waals surface area contributed by atoms with Crippen molar-refractivity contribution >= 4 is 23.3 Å². The van der Waals surface area contributed by atoms with Gasteiger partial charge in [0.05, 0.1) is 17.5 Å². The Bertz CT molecular complexity index is 1060. The van der Waals surface area contributed by atoms with E-state index in [0.717, 1.165) is 16.8 Å². The third kappa shape index (κ3) is 6.72. The Kier molecular flexibility index (Phi) is 7.40. The molecule has 0 radical (unpaired) electrons. The lowest BCUT2D eigenvalue weighted by Gasteiger charge is -2.19. The van der Waals surface area contributed by atoms with Gasteiger partial charge in [0.15, 0.2) is 0 Å². The zero-order chi connectivity index (χ0) is 23.3. The van der Waals surface area contributed by atoms with Gasteiger partial charge in [0.1, 0.15) is 11.4 Å². The molecule has 0 aliphatic rings. The van der Waals surface area contributed by atoms with E-state index >= 15 is 0 Å². The standard InChI is InChI=1S/C24H28ClN3O4/c1-15(2)30-20-11-8-17(14-19(20)25)22-27-23(32-28-22)16-6-9-18(10-7-16)26-13-12-21(29)31-24(3,4)5/h6-11,14-15,26H,12-13H2,1-5H3. The van der Waals surface area contributed by atoms with Gasteiger partial charge in [0, 0.05) is 23.4 Å². The second-order valence-corrected chi connectivity index (χ2v) is 8.98. The average molecular weight is 458 g/mol. The minimum Gasteiger partial charge on any atom is -0.489 e. The van der Waals surface area contributed by atoms with Crippen molar-refractivity contribution in [3.05, 3.63) is 47.5 Å². The summed E-state index contributed by atoms with van der Waals surface area (Å²) in [6, 6.07) is 12.9. The first-order valence-corrected chi connectivity index (χ1v) is 10.8. The number of anilines is 1. The number of nitrogens with zero attached hydrogens (tertiary/aromatic N) is 2. The van der Waals surface area contributed by atoms with Gasteiger partial charge in [0.25, 0.3) is 5.89 Å². The molecule has 0 unspecified atom stereocenters. The lowest BCUT2D eigenvalue weighted by Crippen LogP contribution is -2.25. The number of aromatic nitrogens is 2. The van der Waals surface area contributed by atoms with E-state index < -0.39 is 5.60 Å². The van der Waals surface area contributed by atoms with E-state index in [9.17, 15) is 4.79 Å². The Hall–Kier alpha value is -3.06. The van der Waals surface area contributed by atoms with E-state index in [-0.39, 0.29) is 18.5 Å². The summed E-state index contributed by atoms with van der Waals surface area (Å²) >= 11 is 6.31. The Morgan fingerprint density at radius 1 is 1.12 bits per heavy atom. The van der Waals surface area contributed by atoms with Crippen LogP contribution >= 0.6 is 11.6 Å². The number of benzene rings is 2. The van der Waals surface area contributed by atoms with Crippen LogP contribution in [-0.2, 0) is 9.53 Å². The molecule has 8 heteroatoms. The minimum absolute atomic E-state index is 0.0323. The molecule has 1 aromatic heterocycles. The van der Waals surface area contributed by atoms with Crippen molar-refractivity contribution in [1.29, 1.82) is 0 Å². The smallest absolute Gasteiger partial charge is 0.308 e. The Morgan fingerprint density at radius 2 is 1.81 bits per heavy atom. The normalized spacial score (nSPS) is 11.5. The van der Waals surface area contributed by atoms with Crippen LogP contribution in [0.5, 0.6) is 5.75 Å². The van der Waals surface area contributed by atoms with Crippen molar-refractivity contribution in [1.82, 2.24) is 10.1 Å². The van der Waals surface area contributed by atoms with Crippen LogP contribution in [0.2, 0.25) is 5.02 Å². The van der Waals surface area contributed by atoms with Crippen LogP contribution in [0.3, 0.4) is 0 Å². The van der Waals surface area contributed by atoms with Crippen LogP contribution in [-0.4, -0.2) is 34.4 Å². The SMILES string of the molecule is CC(C)Oc1ccc(-c2noc(-c3ccc(NCCC(=O)OC(C)(C)C)cc3)n2)cc1Cl. The van der Waals surface area contributed by atoms with Gasteiger partial charge < -0.3 is 19.3 Å². The van der Waals surface area contributed by atoms with Crippen molar-refractivity contribution in [2.75, 3.05) is 11.9 Å². The monoisotopic (exact) mass is 457 g/mol. The van der Waals surface area contributed by atoms with Crippen LogP contribution in [0, 0.1) is 0 Å². The zero-order valence-electron chi connectivity index (χ0n) is 18.9. The quantitative estimate of drug-likeness (QED) is 0.416. The predicted octanol–water partition coefficient (Wildman–Crippen LogP) is 5.99. The first-order valence-electron chi connectivity index (χ1n) is 10.5. The molecule has 0 aliphatic carbocycles. The first-order chi connectivity index (χ1) is 15.1. The van der Waals surface area contributed by atoms with E-state index in [1.165, 1.54) is 0 Å². The molecule has 7 nitrogen and oxygen atoms in total. The Labute approximate surface area is 193 Å².